The number of piperidine rings is 1. The summed E-state index contributed by atoms with van der Waals surface area (Å²) in [5.74, 6) is 0.324. The molecule has 0 unspecified atom stereocenters. The minimum Gasteiger partial charge on any atom is -0.369 e. The highest BCUT2D eigenvalue weighted by Gasteiger charge is 2.18. The van der Waals surface area contributed by atoms with Crippen LogP contribution in [0.25, 0.3) is 0 Å². The number of anilines is 1. The van der Waals surface area contributed by atoms with Crippen LogP contribution in [-0.2, 0) is 4.79 Å². The molecule has 0 saturated carbocycles. The quantitative estimate of drug-likeness (QED) is 0.756. The molecule has 0 bridgehead atoms. The molecular weight excluding hydrogens is 233 g/mol. The molecule has 0 aromatic heterocycles. The van der Waals surface area contributed by atoms with Gasteiger partial charge in [0.05, 0.1) is 15.7 Å². The van der Waals surface area contributed by atoms with Crippen molar-refractivity contribution in [1.29, 1.82) is 0 Å². The first-order valence-electron chi connectivity index (χ1n) is 4.89. The van der Waals surface area contributed by atoms with Gasteiger partial charge in [0.1, 0.15) is 5.78 Å². The summed E-state index contributed by atoms with van der Waals surface area (Å²) in [7, 11) is 0. The fourth-order valence-corrected chi connectivity index (χ4v) is 2.15. The summed E-state index contributed by atoms with van der Waals surface area (Å²) in [6.45, 7) is 1.47. The maximum Gasteiger partial charge on any atom is 0.136 e. The van der Waals surface area contributed by atoms with Crippen LogP contribution in [0.15, 0.2) is 18.2 Å². The summed E-state index contributed by atoms with van der Waals surface area (Å²) >= 11 is 12.0. The Bertz CT molecular complexity index is 382. The molecule has 0 amide bonds. The van der Waals surface area contributed by atoms with E-state index in [2.05, 4.69) is 4.90 Å². The molecule has 1 fully saturated rings. The van der Waals surface area contributed by atoms with E-state index in [9.17, 15) is 4.79 Å². The van der Waals surface area contributed by atoms with Crippen LogP contribution in [0.2, 0.25) is 10.0 Å². The van der Waals surface area contributed by atoms with Gasteiger partial charge < -0.3 is 4.90 Å². The van der Waals surface area contributed by atoms with Crippen LogP contribution in [0.4, 0.5) is 5.69 Å². The third-order valence-corrected chi connectivity index (χ3v) is 3.40. The van der Waals surface area contributed by atoms with Crippen molar-refractivity contribution in [2.24, 2.45) is 0 Å². The molecule has 80 valence electrons. The van der Waals surface area contributed by atoms with Crippen molar-refractivity contribution in [2.45, 2.75) is 12.8 Å². The summed E-state index contributed by atoms with van der Waals surface area (Å²) in [6, 6.07) is 5.58. The maximum absolute atomic E-state index is 11.1. The summed E-state index contributed by atoms with van der Waals surface area (Å²) in [6.07, 6.45) is 1.20. The molecule has 0 aliphatic carbocycles. The Balaban J connectivity index is 2.22. The SMILES string of the molecule is O=C1CCN(c2cccc(Cl)c2Cl)CC1. The van der Waals surface area contributed by atoms with Crippen LogP contribution in [0, 0.1) is 0 Å². The van der Waals surface area contributed by atoms with Gasteiger partial charge in [0, 0.05) is 25.9 Å². The van der Waals surface area contributed by atoms with Crippen molar-refractivity contribution in [3.05, 3.63) is 28.2 Å². The van der Waals surface area contributed by atoms with E-state index >= 15 is 0 Å². The molecule has 1 aliphatic heterocycles. The Kier molecular flexibility index (Phi) is 3.17. The van der Waals surface area contributed by atoms with E-state index in [0.29, 0.717) is 28.7 Å². The van der Waals surface area contributed by atoms with Crippen LogP contribution in [0.1, 0.15) is 12.8 Å². The van der Waals surface area contributed by atoms with Crippen molar-refractivity contribution in [3.8, 4) is 0 Å². The van der Waals surface area contributed by atoms with Crippen LogP contribution in [-0.4, -0.2) is 18.9 Å². The van der Waals surface area contributed by atoms with Gasteiger partial charge in [0.15, 0.2) is 0 Å². The molecule has 0 radical (unpaired) electrons. The Morgan fingerprint density at radius 3 is 2.47 bits per heavy atom. The maximum atomic E-state index is 11.1. The smallest absolute Gasteiger partial charge is 0.136 e. The fourth-order valence-electron chi connectivity index (χ4n) is 1.73. The lowest BCUT2D eigenvalue weighted by Gasteiger charge is -2.29. The zero-order valence-corrected chi connectivity index (χ0v) is 9.68. The van der Waals surface area contributed by atoms with E-state index in [1.165, 1.54) is 0 Å². The second-order valence-corrected chi connectivity index (χ2v) is 4.38. The van der Waals surface area contributed by atoms with Crippen molar-refractivity contribution < 1.29 is 4.79 Å². The van der Waals surface area contributed by atoms with Gasteiger partial charge in [0.2, 0.25) is 0 Å². The minimum atomic E-state index is 0.324. The number of carbonyl (C=O) groups excluding carboxylic acids is 1. The minimum absolute atomic E-state index is 0.324. The van der Waals surface area contributed by atoms with Gasteiger partial charge in [-0.15, -0.1) is 0 Å². The second kappa shape index (κ2) is 4.42. The summed E-state index contributed by atoms with van der Waals surface area (Å²) in [5, 5.41) is 1.14. The Morgan fingerprint density at radius 2 is 1.80 bits per heavy atom. The third kappa shape index (κ3) is 2.27. The van der Waals surface area contributed by atoms with Crippen molar-refractivity contribution >= 4 is 34.7 Å². The lowest BCUT2D eigenvalue weighted by Crippen LogP contribution is -2.33. The number of carbonyl (C=O) groups is 1. The van der Waals surface area contributed by atoms with Crippen LogP contribution in [0.3, 0.4) is 0 Å². The van der Waals surface area contributed by atoms with Crippen molar-refractivity contribution in [2.75, 3.05) is 18.0 Å². The van der Waals surface area contributed by atoms with E-state index in [1.807, 2.05) is 12.1 Å². The molecule has 1 aromatic carbocycles. The monoisotopic (exact) mass is 243 g/mol. The average molecular weight is 244 g/mol. The zero-order chi connectivity index (χ0) is 10.8. The fraction of sp³-hybridized carbons (Fsp3) is 0.364. The number of hydrogen-bond donors (Lipinski definition) is 0. The number of benzene rings is 1. The molecule has 15 heavy (non-hydrogen) atoms. The Hall–Kier alpha value is -0.730. The first-order chi connectivity index (χ1) is 7.18. The second-order valence-electron chi connectivity index (χ2n) is 3.60. The molecule has 2 nitrogen and oxygen atoms in total. The predicted molar refractivity (Wildman–Crippen MR) is 62.9 cm³/mol. The van der Waals surface area contributed by atoms with E-state index in [0.717, 1.165) is 18.8 Å². The number of halogens is 2. The average Bonchev–Trinajstić information content (AvgIpc) is 2.24. The highest BCUT2D eigenvalue weighted by molar-refractivity contribution is 6.43. The van der Waals surface area contributed by atoms with E-state index in [4.69, 9.17) is 23.2 Å². The van der Waals surface area contributed by atoms with E-state index in [1.54, 1.807) is 6.07 Å². The lowest BCUT2D eigenvalue weighted by molar-refractivity contribution is -0.119. The van der Waals surface area contributed by atoms with Crippen LogP contribution in [0.5, 0.6) is 0 Å². The lowest BCUT2D eigenvalue weighted by atomic mass is 10.1. The highest BCUT2D eigenvalue weighted by Crippen LogP contribution is 2.33. The highest BCUT2D eigenvalue weighted by atomic mass is 35.5. The number of hydrogen-bond acceptors (Lipinski definition) is 2. The third-order valence-electron chi connectivity index (χ3n) is 2.59. The zero-order valence-electron chi connectivity index (χ0n) is 8.17. The largest absolute Gasteiger partial charge is 0.369 e. The van der Waals surface area contributed by atoms with Gasteiger partial charge in [-0.25, -0.2) is 0 Å². The Morgan fingerprint density at radius 1 is 1.13 bits per heavy atom. The number of ketones is 1. The molecule has 1 aliphatic rings. The normalized spacial score (nSPS) is 16.9. The first kappa shape index (κ1) is 10.8. The number of Topliss-reactive ketones (excluding diaryl/α,β-unsaturated/α-hetero) is 1. The van der Waals surface area contributed by atoms with Gasteiger partial charge in [-0.05, 0) is 12.1 Å². The topological polar surface area (TPSA) is 20.3 Å². The van der Waals surface area contributed by atoms with Crippen molar-refractivity contribution in [1.82, 2.24) is 0 Å². The molecule has 1 aromatic rings. The molecule has 0 spiro atoms. The van der Waals surface area contributed by atoms with Gasteiger partial charge in [-0.3, -0.25) is 4.79 Å². The van der Waals surface area contributed by atoms with Gasteiger partial charge in [-0.2, -0.15) is 0 Å². The number of nitrogens with zero attached hydrogens (tertiary/aromatic N) is 1. The molecule has 2 rings (SSSR count). The molecule has 4 heteroatoms. The molecule has 0 N–H and O–H groups in total. The van der Waals surface area contributed by atoms with Gasteiger partial charge in [-0.1, -0.05) is 29.3 Å². The Labute approximate surface area is 98.8 Å². The first-order valence-corrected chi connectivity index (χ1v) is 5.65. The van der Waals surface area contributed by atoms with E-state index in [-0.39, 0.29) is 0 Å². The van der Waals surface area contributed by atoms with Crippen molar-refractivity contribution in [3.63, 3.8) is 0 Å². The van der Waals surface area contributed by atoms with Crippen LogP contribution < -0.4 is 4.90 Å². The van der Waals surface area contributed by atoms with Gasteiger partial charge in [0.25, 0.3) is 0 Å². The standard InChI is InChI=1S/C11H11Cl2NO/c12-9-2-1-3-10(11(9)13)14-6-4-8(15)5-7-14/h1-3H,4-7H2. The predicted octanol–water partition coefficient (Wildman–Crippen LogP) is 3.16. The summed E-state index contributed by atoms with van der Waals surface area (Å²) in [4.78, 5) is 13.2. The molecule has 0 atom stereocenters. The summed E-state index contributed by atoms with van der Waals surface area (Å²) in [5.41, 5.74) is 0.927. The molecular formula is C11H11Cl2NO. The molecule has 1 heterocycles. The van der Waals surface area contributed by atoms with Crippen LogP contribution >= 0.6 is 23.2 Å². The van der Waals surface area contributed by atoms with Gasteiger partial charge >= 0.3 is 0 Å². The molecule has 1 saturated heterocycles. The number of rotatable bonds is 1. The van der Waals surface area contributed by atoms with E-state index < -0.39 is 0 Å². The summed E-state index contributed by atoms with van der Waals surface area (Å²) < 4.78 is 0.